The number of benzene rings is 1. The Morgan fingerprint density at radius 2 is 1.81 bits per heavy atom. The van der Waals surface area contributed by atoms with E-state index in [2.05, 4.69) is 0 Å². The fourth-order valence-corrected chi connectivity index (χ4v) is 6.92. The molecule has 2 saturated heterocycles. The van der Waals surface area contributed by atoms with E-state index < -0.39 is 16.1 Å². The summed E-state index contributed by atoms with van der Waals surface area (Å²) in [7, 11) is -2.07. The van der Waals surface area contributed by atoms with E-state index in [-0.39, 0.29) is 33.3 Å². The number of thioether (sulfide) groups is 1. The van der Waals surface area contributed by atoms with Crippen molar-refractivity contribution in [1.29, 1.82) is 0 Å². The first kappa shape index (κ1) is 24.4. The zero-order chi connectivity index (χ0) is 22.8. The van der Waals surface area contributed by atoms with Gasteiger partial charge in [0.1, 0.15) is 10.9 Å². The van der Waals surface area contributed by atoms with Crippen LogP contribution in [0.3, 0.4) is 0 Å². The Labute approximate surface area is 194 Å². The average molecular weight is 488 g/mol. The smallest absolute Gasteiger partial charge is 0.255 e. The van der Waals surface area contributed by atoms with Gasteiger partial charge in [-0.25, -0.2) is 8.42 Å². The molecular formula is C21H30ClN3O4S2. The summed E-state index contributed by atoms with van der Waals surface area (Å²) in [4.78, 5) is 29.2. The number of halogens is 1. The number of sulfonamides is 1. The number of carbonyl (C=O) groups is 2. The van der Waals surface area contributed by atoms with Gasteiger partial charge in [0.15, 0.2) is 0 Å². The van der Waals surface area contributed by atoms with E-state index in [4.69, 9.17) is 11.6 Å². The standard InChI is InChI=1S/C21H30ClN3O4S2/c1-15(2)23(3)21(27)18-13-30-14-25(18)20(26)16-8-9-17(22)19(12-16)31(28,29)24-10-6-4-5-7-11-24/h8-9,12,15,18H,4-7,10-11,13-14H2,1-3H3/t18-/m1/s1. The molecule has 10 heteroatoms. The van der Waals surface area contributed by atoms with Crippen LogP contribution in [0.4, 0.5) is 0 Å². The molecule has 1 atom stereocenters. The molecule has 0 spiro atoms. The van der Waals surface area contributed by atoms with Gasteiger partial charge in [0, 0.05) is 37.5 Å². The third kappa shape index (κ3) is 5.21. The summed E-state index contributed by atoms with van der Waals surface area (Å²) in [5.41, 5.74) is 0.227. The molecule has 2 amide bonds. The van der Waals surface area contributed by atoms with E-state index >= 15 is 0 Å². The zero-order valence-electron chi connectivity index (χ0n) is 18.2. The van der Waals surface area contributed by atoms with E-state index in [0.717, 1.165) is 25.7 Å². The molecule has 0 unspecified atom stereocenters. The molecule has 2 fully saturated rings. The number of likely N-dealkylation sites (N-methyl/N-ethyl adjacent to an activating group) is 1. The Morgan fingerprint density at radius 1 is 1.16 bits per heavy atom. The maximum Gasteiger partial charge on any atom is 0.255 e. The van der Waals surface area contributed by atoms with Crippen molar-refractivity contribution in [3.63, 3.8) is 0 Å². The lowest BCUT2D eigenvalue weighted by Crippen LogP contribution is -2.49. The minimum absolute atomic E-state index is 0.0240. The van der Waals surface area contributed by atoms with E-state index in [9.17, 15) is 18.0 Å². The Balaban J connectivity index is 1.88. The van der Waals surface area contributed by atoms with Gasteiger partial charge < -0.3 is 9.80 Å². The molecule has 2 heterocycles. The molecule has 0 aromatic heterocycles. The lowest BCUT2D eigenvalue weighted by Gasteiger charge is -2.29. The molecule has 0 aliphatic carbocycles. The Bertz CT molecular complexity index is 931. The number of hydrogen-bond acceptors (Lipinski definition) is 5. The summed E-state index contributed by atoms with van der Waals surface area (Å²) in [5.74, 6) is 0.441. The van der Waals surface area contributed by atoms with Crippen molar-refractivity contribution in [3.8, 4) is 0 Å². The zero-order valence-corrected chi connectivity index (χ0v) is 20.6. The number of rotatable bonds is 5. The van der Waals surface area contributed by atoms with Crippen molar-refractivity contribution in [2.45, 2.75) is 56.5 Å². The normalized spacial score (nSPS) is 20.7. The molecule has 2 aliphatic heterocycles. The van der Waals surface area contributed by atoms with Crippen molar-refractivity contribution >= 4 is 45.2 Å². The third-order valence-corrected chi connectivity index (χ3v) is 9.30. The Hall–Kier alpha value is -1.29. The first-order valence-electron chi connectivity index (χ1n) is 10.6. The van der Waals surface area contributed by atoms with Crippen LogP contribution in [0.5, 0.6) is 0 Å². The molecular weight excluding hydrogens is 458 g/mol. The topological polar surface area (TPSA) is 78.0 Å². The molecule has 0 bridgehead atoms. The maximum absolute atomic E-state index is 13.3. The average Bonchev–Trinajstić information content (AvgIpc) is 3.05. The highest BCUT2D eigenvalue weighted by Gasteiger charge is 2.38. The first-order valence-corrected chi connectivity index (χ1v) is 13.6. The molecule has 1 aromatic rings. The van der Waals surface area contributed by atoms with Gasteiger partial charge in [-0.3, -0.25) is 9.59 Å². The van der Waals surface area contributed by atoms with Crippen LogP contribution in [0, 0.1) is 0 Å². The Kier molecular flexibility index (Phi) is 7.94. The second-order valence-corrected chi connectivity index (χ2v) is 11.6. The van der Waals surface area contributed by atoms with Gasteiger partial charge in [-0.1, -0.05) is 24.4 Å². The molecule has 3 rings (SSSR count). The molecule has 1 aromatic carbocycles. The number of nitrogens with zero attached hydrogens (tertiary/aromatic N) is 3. The quantitative estimate of drug-likeness (QED) is 0.636. The van der Waals surface area contributed by atoms with Gasteiger partial charge in [0.25, 0.3) is 5.91 Å². The van der Waals surface area contributed by atoms with E-state index in [1.54, 1.807) is 11.9 Å². The van der Waals surface area contributed by atoms with Crippen molar-refractivity contribution in [3.05, 3.63) is 28.8 Å². The van der Waals surface area contributed by atoms with Gasteiger partial charge in [0.05, 0.1) is 10.9 Å². The highest BCUT2D eigenvalue weighted by Crippen LogP contribution is 2.30. The van der Waals surface area contributed by atoms with Crippen LogP contribution >= 0.6 is 23.4 Å². The molecule has 0 saturated carbocycles. The highest BCUT2D eigenvalue weighted by atomic mass is 35.5. The van der Waals surface area contributed by atoms with Gasteiger partial charge in [-0.15, -0.1) is 11.8 Å². The van der Waals surface area contributed by atoms with Crippen LogP contribution < -0.4 is 0 Å². The minimum atomic E-state index is -3.80. The molecule has 172 valence electrons. The number of hydrogen-bond donors (Lipinski definition) is 0. The molecule has 2 aliphatic rings. The molecule has 7 nitrogen and oxygen atoms in total. The van der Waals surface area contributed by atoms with E-state index in [1.807, 2.05) is 13.8 Å². The predicted octanol–water partition coefficient (Wildman–Crippen LogP) is 3.29. The monoisotopic (exact) mass is 487 g/mol. The van der Waals surface area contributed by atoms with Gasteiger partial charge >= 0.3 is 0 Å². The van der Waals surface area contributed by atoms with Crippen LogP contribution in [-0.2, 0) is 14.8 Å². The number of carbonyl (C=O) groups excluding carboxylic acids is 2. The molecule has 31 heavy (non-hydrogen) atoms. The predicted molar refractivity (Wildman–Crippen MR) is 124 cm³/mol. The van der Waals surface area contributed by atoms with Crippen molar-refractivity contribution in [2.24, 2.45) is 0 Å². The van der Waals surface area contributed by atoms with Crippen LogP contribution in [0.2, 0.25) is 5.02 Å². The summed E-state index contributed by atoms with van der Waals surface area (Å²) in [6, 6.07) is 3.81. The lowest BCUT2D eigenvalue weighted by molar-refractivity contribution is -0.135. The minimum Gasteiger partial charge on any atom is -0.342 e. The number of amides is 2. The summed E-state index contributed by atoms with van der Waals surface area (Å²) >= 11 is 7.78. The maximum atomic E-state index is 13.3. The van der Waals surface area contributed by atoms with Crippen molar-refractivity contribution < 1.29 is 18.0 Å². The first-order chi connectivity index (χ1) is 14.6. The summed E-state index contributed by atoms with van der Waals surface area (Å²) in [6.45, 7) is 4.76. The van der Waals surface area contributed by atoms with Crippen molar-refractivity contribution in [1.82, 2.24) is 14.1 Å². The Morgan fingerprint density at radius 3 is 2.42 bits per heavy atom. The lowest BCUT2D eigenvalue weighted by atomic mass is 10.1. The van der Waals surface area contributed by atoms with E-state index in [1.165, 1.54) is 39.2 Å². The van der Waals surface area contributed by atoms with Crippen LogP contribution in [0.1, 0.15) is 49.9 Å². The van der Waals surface area contributed by atoms with Gasteiger partial charge in [-0.05, 0) is 44.9 Å². The van der Waals surface area contributed by atoms with E-state index in [0.29, 0.717) is 24.7 Å². The van der Waals surface area contributed by atoms with Crippen molar-refractivity contribution in [2.75, 3.05) is 31.8 Å². The summed E-state index contributed by atoms with van der Waals surface area (Å²) < 4.78 is 28.0. The van der Waals surface area contributed by atoms with Crippen LogP contribution in [0.25, 0.3) is 0 Å². The fraction of sp³-hybridized carbons (Fsp3) is 0.619. The van der Waals surface area contributed by atoms with Crippen LogP contribution in [0.15, 0.2) is 23.1 Å². The second kappa shape index (κ2) is 10.1. The summed E-state index contributed by atoms with van der Waals surface area (Å²) in [6.07, 6.45) is 3.64. The molecule has 0 radical (unpaired) electrons. The largest absolute Gasteiger partial charge is 0.342 e. The summed E-state index contributed by atoms with van der Waals surface area (Å²) in [5, 5.41) is 0.101. The van der Waals surface area contributed by atoms with Gasteiger partial charge in [0.2, 0.25) is 15.9 Å². The molecule has 0 N–H and O–H groups in total. The third-order valence-electron chi connectivity index (χ3n) is 5.91. The van der Waals surface area contributed by atoms with Gasteiger partial charge in [-0.2, -0.15) is 4.31 Å². The SMILES string of the molecule is CC(C)N(C)C(=O)[C@H]1CSCN1C(=O)c1ccc(Cl)c(S(=O)(=O)N2CCCCCC2)c1. The fourth-order valence-electron chi connectivity index (χ4n) is 3.76. The second-order valence-electron chi connectivity index (χ2n) is 8.30. The highest BCUT2D eigenvalue weighted by molar-refractivity contribution is 7.99. The van der Waals surface area contributed by atoms with Crippen LogP contribution in [-0.4, -0.2) is 78.2 Å².